The van der Waals surface area contributed by atoms with Crippen LogP contribution in [0.2, 0.25) is 5.02 Å². The van der Waals surface area contributed by atoms with Crippen molar-refractivity contribution in [3.8, 4) is 0 Å². The van der Waals surface area contributed by atoms with Crippen molar-refractivity contribution in [1.29, 1.82) is 0 Å². The number of benzene rings is 2. The summed E-state index contributed by atoms with van der Waals surface area (Å²) in [6, 6.07) is 14.2. The molecule has 5 aromatic rings. The van der Waals surface area contributed by atoms with Gasteiger partial charge in [-0.1, -0.05) is 29.8 Å². The average Bonchev–Trinajstić information content (AvgIpc) is 3.26. The maximum absolute atomic E-state index is 14.0. The Morgan fingerprint density at radius 1 is 1.06 bits per heavy atom. The number of hydrogen-bond donors (Lipinski definition) is 1. The van der Waals surface area contributed by atoms with Crippen LogP contribution in [0.1, 0.15) is 40.4 Å². The highest BCUT2D eigenvalue weighted by Gasteiger charge is 2.26. The average molecular weight is 503 g/mol. The van der Waals surface area contributed by atoms with Crippen LogP contribution in [0.4, 0.5) is 0 Å². The second-order valence-corrected chi connectivity index (χ2v) is 9.88. The third kappa shape index (κ3) is 4.09. The third-order valence-corrected chi connectivity index (χ3v) is 6.97. The van der Waals surface area contributed by atoms with E-state index in [1.807, 2.05) is 26.1 Å². The van der Waals surface area contributed by atoms with Gasteiger partial charge in [0.1, 0.15) is 0 Å². The summed E-state index contributed by atoms with van der Waals surface area (Å²) in [6.07, 6.45) is 1.80. The van der Waals surface area contributed by atoms with Crippen LogP contribution in [-0.4, -0.2) is 29.8 Å². The normalized spacial score (nSPS) is 12.5. The first kappa shape index (κ1) is 23.9. The molecule has 1 N–H and O–H groups in total. The maximum Gasteiger partial charge on any atom is 0.331 e. The molecule has 3 heterocycles. The van der Waals surface area contributed by atoms with Crippen LogP contribution < -0.4 is 5.69 Å². The number of fused-ring (bicyclic) bond motifs is 2. The van der Waals surface area contributed by atoms with E-state index in [0.717, 1.165) is 27.7 Å². The molecule has 1 unspecified atom stereocenters. The van der Waals surface area contributed by atoms with E-state index in [1.165, 1.54) is 10.1 Å². The summed E-state index contributed by atoms with van der Waals surface area (Å²) in [5, 5.41) is 11.4. The van der Waals surface area contributed by atoms with E-state index in [1.54, 1.807) is 28.8 Å². The molecule has 0 saturated carbocycles. The van der Waals surface area contributed by atoms with Crippen LogP contribution in [0.15, 0.2) is 59.5 Å². The number of pyridine rings is 1. The minimum absolute atomic E-state index is 0.261. The van der Waals surface area contributed by atoms with Gasteiger partial charge in [-0.15, -0.1) is 0 Å². The fourth-order valence-electron chi connectivity index (χ4n) is 5.19. The van der Waals surface area contributed by atoms with Gasteiger partial charge in [0.05, 0.1) is 24.5 Å². The molecule has 184 valence electrons. The zero-order valence-corrected chi connectivity index (χ0v) is 21.4. The number of aryl methyl sites for hydroxylation is 4. The molecule has 3 aromatic heterocycles. The molecule has 0 aliphatic carbocycles. The molecule has 0 saturated heterocycles. The first-order chi connectivity index (χ1) is 17.1. The van der Waals surface area contributed by atoms with E-state index in [2.05, 4.69) is 41.7 Å². The molecular formula is C28H27ClN4O3. The number of aromatic nitrogens is 4. The van der Waals surface area contributed by atoms with Gasteiger partial charge in [0.15, 0.2) is 5.65 Å². The van der Waals surface area contributed by atoms with Crippen molar-refractivity contribution in [3.05, 3.63) is 98.2 Å². The molecule has 2 aromatic carbocycles. The standard InChI is InChI=1S/C28H27ClN4O3/c1-16-11-17(2)26-20(14-31(4)24(26)12-16)15-32-22-10-5-18(3)30-27(22)33(28(32)36)23(13-25(34)35)19-6-8-21(29)9-7-19/h5-12,14,23H,13,15H2,1-4H3,(H,34,35). The quantitative estimate of drug-likeness (QED) is 0.338. The van der Waals surface area contributed by atoms with E-state index in [0.29, 0.717) is 28.3 Å². The maximum atomic E-state index is 14.0. The van der Waals surface area contributed by atoms with Gasteiger partial charge in [-0.05, 0) is 73.4 Å². The van der Waals surface area contributed by atoms with E-state index in [-0.39, 0.29) is 12.1 Å². The summed E-state index contributed by atoms with van der Waals surface area (Å²) < 4.78 is 5.29. The predicted octanol–water partition coefficient (Wildman–Crippen LogP) is 5.38. The number of carbonyl (C=O) groups is 1. The smallest absolute Gasteiger partial charge is 0.331 e. The highest BCUT2D eigenvalue weighted by atomic mass is 35.5. The van der Waals surface area contributed by atoms with Gasteiger partial charge in [0.2, 0.25) is 0 Å². The number of carboxylic acids is 1. The predicted molar refractivity (Wildman–Crippen MR) is 142 cm³/mol. The van der Waals surface area contributed by atoms with E-state index >= 15 is 0 Å². The first-order valence-electron chi connectivity index (χ1n) is 11.7. The summed E-state index contributed by atoms with van der Waals surface area (Å²) in [4.78, 5) is 30.6. The van der Waals surface area contributed by atoms with Crippen LogP contribution in [0.5, 0.6) is 0 Å². The fraction of sp³-hybridized carbons (Fsp3) is 0.250. The number of carboxylic acid groups (broad SMARTS) is 1. The molecule has 1 atom stereocenters. The highest BCUT2D eigenvalue weighted by molar-refractivity contribution is 6.30. The first-order valence-corrected chi connectivity index (χ1v) is 12.1. The van der Waals surface area contributed by atoms with Crippen LogP contribution >= 0.6 is 11.6 Å². The Hall–Kier alpha value is -3.84. The summed E-state index contributed by atoms with van der Waals surface area (Å²) in [6.45, 7) is 6.36. The van der Waals surface area contributed by atoms with Gasteiger partial charge in [-0.2, -0.15) is 0 Å². The Morgan fingerprint density at radius 3 is 2.47 bits per heavy atom. The minimum Gasteiger partial charge on any atom is -0.481 e. The lowest BCUT2D eigenvalue weighted by Gasteiger charge is -2.17. The van der Waals surface area contributed by atoms with Gasteiger partial charge < -0.3 is 9.67 Å². The molecule has 0 bridgehead atoms. The van der Waals surface area contributed by atoms with Gasteiger partial charge >= 0.3 is 11.7 Å². The van der Waals surface area contributed by atoms with Crippen molar-refractivity contribution >= 4 is 39.6 Å². The fourth-order valence-corrected chi connectivity index (χ4v) is 5.31. The molecule has 0 spiro atoms. The Labute approximate surface area is 213 Å². The van der Waals surface area contributed by atoms with Crippen molar-refractivity contribution in [3.63, 3.8) is 0 Å². The number of halogens is 1. The Kier molecular flexibility index (Phi) is 5.96. The number of imidazole rings is 1. The van der Waals surface area contributed by atoms with Crippen molar-refractivity contribution < 1.29 is 9.90 Å². The zero-order valence-electron chi connectivity index (χ0n) is 20.6. The summed E-state index contributed by atoms with van der Waals surface area (Å²) in [5.74, 6) is -1.00. The van der Waals surface area contributed by atoms with E-state index in [4.69, 9.17) is 11.6 Å². The Bertz CT molecular complexity index is 1690. The highest BCUT2D eigenvalue weighted by Crippen LogP contribution is 2.29. The monoisotopic (exact) mass is 502 g/mol. The van der Waals surface area contributed by atoms with Gasteiger partial charge in [0.25, 0.3) is 0 Å². The van der Waals surface area contributed by atoms with Gasteiger partial charge in [-0.3, -0.25) is 13.9 Å². The molecule has 5 rings (SSSR count). The van der Waals surface area contributed by atoms with E-state index in [9.17, 15) is 14.7 Å². The van der Waals surface area contributed by atoms with E-state index < -0.39 is 12.0 Å². The molecule has 0 aliphatic heterocycles. The second-order valence-electron chi connectivity index (χ2n) is 9.44. The number of rotatable bonds is 6. The number of aliphatic carboxylic acids is 1. The molecular weight excluding hydrogens is 476 g/mol. The summed E-state index contributed by atoms with van der Waals surface area (Å²) in [5.41, 5.74) is 6.72. The SMILES string of the molecule is Cc1cc(C)c2c(Cn3c(=O)n(C(CC(=O)O)c4ccc(Cl)cc4)c4nc(C)ccc43)cn(C)c2c1. The van der Waals surface area contributed by atoms with Crippen molar-refractivity contribution in [2.45, 2.75) is 39.8 Å². The molecule has 0 aliphatic rings. The van der Waals surface area contributed by atoms with Crippen LogP contribution in [-0.2, 0) is 18.4 Å². The summed E-state index contributed by atoms with van der Waals surface area (Å²) in [7, 11) is 2.01. The largest absolute Gasteiger partial charge is 0.481 e. The topological polar surface area (TPSA) is 82.1 Å². The molecule has 0 amide bonds. The van der Waals surface area contributed by atoms with Crippen LogP contribution in [0.25, 0.3) is 22.1 Å². The van der Waals surface area contributed by atoms with Gasteiger partial charge in [0, 0.05) is 34.9 Å². The Balaban J connectivity index is 1.74. The molecule has 36 heavy (non-hydrogen) atoms. The minimum atomic E-state index is -1.00. The Morgan fingerprint density at radius 2 is 1.78 bits per heavy atom. The second kappa shape index (κ2) is 8.99. The molecule has 8 heteroatoms. The lowest BCUT2D eigenvalue weighted by Crippen LogP contribution is -2.29. The van der Waals surface area contributed by atoms with Crippen LogP contribution in [0.3, 0.4) is 0 Å². The number of hydrogen-bond acceptors (Lipinski definition) is 3. The van der Waals surface area contributed by atoms with Gasteiger partial charge in [-0.25, -0.2) is 9.78 Å². The zero-order chi connectivity index (χ0) is 25.7. The number of nitrogens with zero attached hydrogens (tertiary/aromatic N) is 4. The molecule has 0 radical (unpaired) electrons. The molecule has 7 nitrogen and oxygen atoms in total. The van der Waals surface area contributed by atoms with Crippen molar-refractivity contribution in [1.82, 2.24) is 18.7 Å². The third-order valence-electron chi connectivity index (χ3n) is 6.72. The van der Waals surface area contributed by atoms with Crippen molar-refractivity contribution in [2.24, 2.45) is 7.05 Å². The molecule has 0 fully saturated rings. The summed E-state index contributed by atoms with van der Waals surface area (Å²) >= 11 is 6.08. The van der Waals surface area contributed by atoms with Crippen LogP contribution in [0, 0.1) is 20.8 Å². The lowest BCUT2D eigenvalue weighted by atomic mass is 10.0. The lowest BCUT2D eigenvalue weighted by molar-refractivity contribution is -0.137. The van der Waals surface area contributed by atoms with Crippen molar-refractivity contribution in [2.75, 3.05) is 0 Å².